The molecule has 116 valence electrons. The van der Waals surface area contributed by atoms with Crippen LogP contribution in [0.15, 0.2) is 24.3 Å². The number of carbonyl (C=O) groups excluding carboxylic acids is 2. The van der Waals surface area contributed by atoms with Gasteiger partial charge in [0.15, 0.2) is 0 Å². The molecule has 0 bridgehead atoms. The van der Waals surface area contributed by atoms with Crippen LogP contribution in [-0.4, -0.2) is 43.5 Å². The SMILES string of the molecule is CCCN(CCC)CC(=O)Nc1ccc(C(=O)OC)cc1. The molecule has 1 N–H and O–H groups in total. The Hall–Kier alpha value is -1.88. The summed E-state index contributed by atoms with van der Waals surface area (Å²) in [4.78, 5) is 25.5. The predicted molar refractivity (Wildman–Crippen MR) is 83.4 cm³/mol. The van der Waals surface area contributed by atoms with E-state index < -0.39 is 0 Å². The summed E-state index contributed by atoms with van der Waals surface area (Å²) in [6, 6.07) is 6.68. The van der Waals surface area contributed by atoms with Crippen molar-refractivity contribution in [3.63, 3.8) is 0 Å². The van der Waals surface area contributed by atoms with Gasteiger partial charge < -0.3 is 10.1 Å². The Bertz CT molecular complexity index is 451. The van der Waals surface area contributed by atoms with Gasteiger partial charge in [-0.1, -0.05) is 13.8 Å². The van der Waals surface area contributed by atoms with Gasteiger partial charge in [0.05, 0.1) is 19.2 Å². The van der Waals surface area contributed by atoms with E-state index in [4.69, 9.17) is 0 Å². The van der Waals surface area contributed by atoms with Crippen LogP contribution in [0.2, 0.25) is 0 Å². The zero-order valence-electron chi connectivity index (χ0n) is 13.0. The van der Waals surface area contributed by atoms with Crippen LogP contribution in [-0.2, 0) is 9.53 Å². The van der Waals surface area contributed by atoms with Crippen molar-refractivity contribution < 1.29 is 14.3 Å². The van der Waals surface area contributed by atoms with Crippen LogP contribution in [0.5, 0.6) is 0 Å². The van der Waals surface area contributed by atoms with Gasteiger partial charge in [-0.3, -0.25) is 9.69 Å². The Balaban J connectivity index is 2.55. The minimum atomic E-state index is -0.384. The Morgan fingerprint density at radius 1 is 1.10 bits per heavy atom. The number of ether oxygens (including phenoxy) is 1. The number of benzene rings is 1. The molecule has 0 aromatic heterocycles. The van der Waals surface area contributed by atoms with Crippen molar-refractivity contribution in [2.75, 3.05) is 32.1 Å². The Labute approximate surface area is 126 Å². The summed E-state index contributed by atoms with van der Waals surface area (Å²) in [5.74, 6) is -0.423. The highest BCUT2D eigenvalue weighted by Crippen LogP contribution is 2.10. The van der Waals surface area contributed by atoms with Crippen LogP contribution < -0.4 is 5.32 Å². The van der Waals surface area contributed by atoms with Gasteiger partial charge in [0.1, 0.15) is 0 Å². The molecule has 0 aliphatic rings. The number of hydrogen-bond acceptors (Lipinski definition) is 4. The van der Waals surface area contributed by atoms with E-state index in [0.29, 0.717) is 17.8 Å². The van der Waals surface area contributed by atoms with Gasteiger partial charge in [-0.25, -0.2) is 4.79 Å². The van der Waals surface area contributed by atoms with Crippen molar-refractivity contribution in [3.05, 3.63) is 29.8 Å². The molecule has 0 aliphatic carbocycles. The van der Waals surface area contributed by atoms with Crippen LogP contribution in [0.1, 0.15) is 37.0 Å². The number of carbonyl (C=O) groups is 2. The lowest BCUT2D eigenvalue weighted by Crippen LogP contribution is -2.34. The predicted octanol–water partition coefficient (Wildman–Crippen LogP) is 2.53. The average molecular weight is 292 g/mol. The lowest BCUT2D eigenvalue weighted by Gasteiger charge is -2.20. The van der Waals surface area contributed by atoms with Crippen LogP contribution in [0.3, 0.4) is 0 Å². The first kappa shape index (κ1) is 17.2. The molecule has 1 amide bonds. The Morgan fingerprint density at radius 3 is 2.14 bits per heavy atom. The van der Waals surface area contributed by atoms with Gasteiger partial charge in [0.25, 0.3) is 0 Å². The van der Waals surface area contributed by atoms with E-state index in [1.807, 2.05) is 0 Å². The number of amides is 1. The number of anilines is 1. The molecule has 5 heteroatoms. The van der Waals surface area contributed by atoms with Crippen molar-refractivity contribution in [3.8, 4) is 0 Å². The fraction of sp³-hybridized carbons (Fsp3) is 0.500. The third-order valence-corrected chi connectivity index (χ3v) is 3.04. The fourth-order valence-electron chi connectivity index (χ4n) is 2.11. The smallest absolute Gasteiger partial charge is 0.337 e. The van der Waals surface area contributed by atoms with Crippen LogP contribution in [0.25, 0.3) is 0 Å². The second-order valence-electron chi connectivity index (χ2n) is 4.89. The summed E-state index contributed by atoms with van der Waals surface area (Å²) in [6.07, 6.45) is 2.06. The maximum atomic E-state index is 12.0. The number of hydrogen-bond donors (Lipinski definition) is 1. The maximum absolute atomic E-state index is 12.0. The van der Waals surface area contributed by atoms with E-state index in [0.717, 1.165) is 25.9 Å². The first-order chi connectivity index (χ1) is 10.1. The molecule has 5 nitrogen and oxygen atoms in total. The summed E-state index contributed by atoms with van der Waals surface area (Å²) >= 11 is 0. The quantitative estimate of drug-likeness (QED) is 0.748. The third kappa shape index (κ3) is 5.95. The Morgan fingerprint density at radius 2 is 1.67 bits per heavy atom. The van der Waals surface area contributed by atoms with Crippen LogP contribution in [0, 0.1) is 0 Å². The van der Waals surface area contributed by atoms with E-state index in [1.54, 1.807) is 24.3 Å². The molecule has 0 aliphatic heterocycles. The van der Waals surface area contributed by atoms with E-state index in [-0.39, 0.29) is 11.9 Å². The molecule has 1 aromatic rings. The standard InChI is InChI=1S/C16H24N2O3/c1-4-10-18(11-5-2)12-15(19)17-14-8-6-13(7-9-14)16(20)21-3/h6-9H,4-5,10-12H2,1-3H3,(H,17,19). The van der Waals surface area contributed by atoms with E-state index >= 15 is 0 Å². The molecule has 0 saturated carbocycles. The number of rotatable bonds is 8. The zero-order chi connectivity index (χ0) is 15.7. The van der Waals surface area contributed by atoms with Crippen molar-refractivity contribution in [1.82, 2.24) is 4.90 Å². The van der Waals surface area contributed by atoms with Crippen molar-refractivity contribution in [2.24, 2.45) is 0 Å². The van der Waals surface area contributed by atoms with Gasteiger partial charge in [0, 0.05) is 5.69 Å². The number of nitrogens with zero attached hydrogens (tertiary/aromatic N) is 1. The molecular weight excluding hydrogens is 268 g/mol. The van der Waals surface area contributed by atoms with Crippen molar-refractivity contribution in [1.29, 1.82) is 0 Å². The van der Waals surface area contributed by atoms with Gasteiger partial charge in [0.2, 0.25) is 5.91 Å². The maximum Gasteiger partial charge on any atom is 0.337 e. The molecule has 0 spiro atoms. The topological polar surface area (TPSA) is 58.6 Å². The highest BCUT2D eigenvalue weighted by molar-refractivity contribution is 5.93. The second-order valence-corrected chi connectivity index (χ2v) is 4.89. The molecule has 0 heterocycles. The number of esters is 1. The van der Waals surface area contributed by atoms with Crippen LogP contribution >= 0.6 is 0 Å². The molecule has 1 rings (SSSR count). The number of nitrogens with one attached hydrogen (secondary N) is 1. The van der Waals surface area contributed by atoms with Crippen molar-refractivity contribution >= 4 is 17.6 Å². The molecule has 1 aromatic carbocycles. The van der Waals surface area contributed by atoms with Gasteiger partial charge in [-0.2, -0.15) is 0 Å². The molecule has 0 fully saturated rings. The molecular formula is C16H24N2O3. The fourth-order valence-corrected chi connectivity index (χ4v) is 2.11. The minimum Gasteiger partial charge on any atom is -0.465 e. The second kappa shape index (κ2) is 9.13. The highest BCUT2D eigenvalue weighted by Gasteiger charge is 2.10. The monoisotopic (exact) mass is 292 g/mol. The summed E-state index contributed by atoms with van der Waals surface area (Å²) in [5, 5.41) is 2.84. The summed E-state index contributed by atoms with van der Waals surface area (Å²) < 4.78 is 4.63. The minimum absolute atomic E-state index is 0.0391. The molecule has 0 radical (unpaired) electrons. The zero-order valence-corrected chi connectivity index (χ0v) is 13.0. The van der Waals surface area contributed by atoms with E-state index in [2.05, 4.69) is 28.8 Å². The van der Waals surface area contributed by atoms with Gasteiger partial charge in [-0.05, 0) is 50.2 Å². The lowest BCUT2D eigenvalue weighted by atomic mass is 10.2. The third-order valence-electron chi connectivity index (χ3n) is 3.04. The van der Waals surface area contributed by atoms with Crippen molar-refractivity contribution in [2.45, 2.75) is 26.7 Å². The first-order valence-electron chi connectivity index (χ1n) is 7.31. The van der Waals surface area contributed by atoms with E-state index in [1.165, 1.54) is 7.11 Å². The van der Waals surface area contributed by atoms with E-state index in [9.17, 15) is 9.59 Å². The highest BCUT2D eigenvalue weighted by atomic mass is 16.5. The van der Waals surface area contributed by atoms with Gasteiger partial charge in [-0.15, -0.1) is 0 Å². The lowest BCUT2D eigenvalue weighted by molar-refractivity contribution is -0.117. The first-order valence-corrected chi connectivity index (χ1v) is 7.31. The summed E-state index contributed by atoms with van der Waals surface area (Å²) in [5.41, 5.74) is 1.15. The average Bonchev–Trinajstić information content (AvgIpc) is 2.47. The van der Waals surface area contributed by atoms with Crippen LogP contribution in [0.4, 0.5) is 5.69 Å². The molecule has 0 saturated heterocycles. The largest absolute Gasteiger partial charge is 0.465 e. The normalized spacial score (nSPS) is 10.5. The molecule has 0 unspecified atom stereocenters. The summed E-state index contributed by atoms with van der Waals surface area (Å²) in [7, 11) is 1.34. The number of methoxy groups -OCH3 is 1. The Kier molecular flexibility index (Phi) is 7.46. The van der Waals surface area contributed by atoms with Gasteiger partial charge >= 0.3 is 5.97 Å². The summed E-state index contributed by atoms with van der Waals surface area (Å²) in [6.45, 7) is 6.43. The molecule has 21 heavy (non-hydrogen) atoms. The molecule has 0 atom stereocenters.